The molecular formula is C20H21N3O2. The van der Waals surface area contributed by atoms with Gasteiger partial charge < -0.3 is 0 Å². The molecule has 0 amide bonds. The second-order valence-electron chi connectivity index (χ2n) is 6.57. The number of benzene rings is 2. The molecule has 0 N–H and O–H groups in total. The van der Waals surface area contributed by atoms with Crippen molar-refractivity contribution in [2.45, 2.75) is 39.7 Å². The molecule has 1 atom stereocenters. The average molecular weight is 335 g/mol. The van der Waals surface area contributed by atoms with E-state index in [1.807, 2.05) is 6.92 Å². The summed E-state index contributed by atoms with van der Waals surface area (Å²) in [5, 5.41) is 8.39. The van der Waals surface area contributed by atoms with Gasteiger partial charge in [-0.2, -0.15) is 0 Å². The maximum absolute atomic E-state index is 12.4. The minimum absolute atomic E-state index is 0.0286. The van der Waals surface area contributed by atoms with Crippen LogP contribution in [-0.4, -0.2) is 20.8 Å². The Kier molecular flexibility index (Phi) is 4.74. The number of hydrogen-bond donors (Lipinski definition) is 0. The van der Waals surface area contributed by atoms with Gasteiger partial charge in [0.05, 0.1) is 5.39 Å². The third-order valence-electron chi connectivity index (χ3n) is 4.45. The van der Waals surface area contributed by atoms with Gasteiger partial charge in [0, 0.05) is 6.42 Å². The van der Waals surface area contributed by atoms with Crippen LogP contribution in [0.25, 0.3) is 10.9 Å². The lowest BCUT2D eigenvalue weighted by atomic mass is 9.91. The van der Waals surface area contributed by atoms with Gasteiger partial charge in [-0.05, 0) is 43.0 Å². The van der Waals surface area contributed by atoms with E-state index in [9.17, 15) is 9.59 Å². The molecule has 3 rings (SSSR count). The van der Waals surface area contributed by atoms with E-state index in [0.717, 1.165) is 10.2 Å². The number of ketones is 1. The SMILES string of the molecule is Cc1ccc([C@H](C)CC(=O)Cn2nnc3ccccc3c2=O)c(C)c1. The van der Waals surface area contributed by atoms with Gasteiger partial charge in [0.2, 0.25) is 0 Å². The summed E-state index contributed by atoms with van der Waals surface area (Å²) in [6.45, 7) is 6.09. The number of aryl methyl sites for hydroxylation is 2. The number of nitrogens with zero attached hydrogens (tertiary/aromatic N) is 3. The zero-order valence-corrected chi connectivity index (χ0v) is 14.7. The summed E-state index contributed by atoms with van der Waals surface area (Å²) >= 11 is 0. The van der Waals surface area contributed by atoms with E-state index in [1.165, 1.54) is 11.1 Å². The Hall–Kier alpha value is -2.82. The molecule has 25 heavy (non-hydrogen) atoms. The summed E-state index contributed by atoms with van der Waals surface area (Å²) in [5.74, 6) is 0.0661. The lowest BCUT2D eigenvalue weighted by molar-refractivity contribution is -0.120. The number of carbonyl (C=O) groups is 1. The van der Waals surface area contributed by atoms with Crippen molar-refractivity contribution in [1.29, 1.82) is 0 Å². The van der Waals surface area contributed by atoms with E-state index < -0.39 is 0 Å². The molecule has 0 bridgehead atoms. The molecule has 3 aromatic rings. The molecule has 0 saturated carbocycles. The van der Waals surface area contributed by atoms with Crippen molar-refractivity contribution in [2.24, 2.45) is 0 Å². The second kappa shape index (κ2) is 6.97. The highest BCUT2D eigenvalue weighted by atomic mass is 16.1. The molecule has 0 aliphatic carbocycles. The standard InChI is InChI=1S/C20H21N3O2/c1-13-8-9-17(14(2)10-13)15(3)11-16(24)12-23-20(25)18-6-4-5-7-19(18)21-22-23/h4-10,15H,11-12H2,1-3H3/t15-/m1/s1. The number of aromatic nitrogens is 3. The van der Waals surface area contributed by atoms with Crippen molar-refractivity contribution in [1.82, 2.24) is 15.0 Å². The average Bonchev–Trinajstić information content (AvgIpc) is 2.57. The van der Waals surface area contributed by atoms with Crippen molar-refractivity contribution in [3.05, 3.63) is 69.5 Å². The number of Topliss-reactive ketones (excluding diaryl/α,β-unsaturated/α-hetero) is 1. The lowest BCUT2D eigenvalue weighted by Gasteiger charge is -2.14. The molecule has 0 unspecified atom stereocenters. The Balaban J connectivity index is 1.76. The number of hydrogen-bond acceptors (Lipinski definition) is 4. The summed E-state index contributed by atoms with van der Waals surface area (Å²) < 4.78 is 1.15. The molecule has 0 radical (unpaired) electrons. The van der Waals surface area contributed by atoms with Crippen LogP contribution in [0.1, 0.15) is 36.0 Å². The molecule has 5 heteroatoms. The van der Waals surface area contributed by atoms with Gasteiger partial charge in [-0.3, -0.25) is 9.59 Å². The first-order valence-corrected chi connectivity index (χ1v) is 8.37. The summed E-state index contributed by atoms with van der Waals surface area (Å²) in [6.07, 6.45) is 0.366. The molecule has 2 aromatic carbocycles. The molecular weight excluding hydrogens is 314 g/mol. The summed E-state index contributed by atoms with van der Waals surface area (Å²) in [4.78, 5) is 24.9. The van der Waals surface area contributed by atoms with Crippen molar-refractivity contribution in [3.8, 4) is 0 Å². The van der Waals surface area contributed by atoms with Crippen LogP contribution < -0.4 is 5.56 Å². The normalized spacial score (nSPS) is 12.3. The molecule has 0 aliphatic heterocycles. The first kappa shape index (κ1) is 17.0. The summed E-state index contributed by atoms with van der Waals surface area (Å²) in [6, 6.07) is 13.3. The highest BCUT2D eigenvalue weighted by Gasteiger charge is 2.15. The fourth-order valence-electron chi connectivity index (χ4n) is 3.19. The second-order valence-corrected chi connectivity index (χ2v) is 6.57. The molecule has 5 nitrogen and oxygen atoms in total. The van der Waals surface area contributed by atoms with E-state index in [0.29, 0.717) is 17.3 Å². The van der Waals surface area contributed by atoms with Crippen LogP contribution in [0.5, 0.6) is 0 Å². The van der Waals surface area contributed by atoms with E-state index in [4.69, 9.17) is 0 Å². The van der Waals surface area contributed by atoms with Crippen molar-refractivity contribution in [2.75, 3.05) is 0 Å². The van der Waals surface area contributed by atoms with Crippen LogP contribution in [0.15, 0.2) is 47.3 Å². The maximum atomic E-state index is 12.4. The Bertz CT molecular complexity index is 992. The quantitative estimate of drug-likeness (QED) is 0.718. The third kappa shape index (κ3) is 3.65. The van der Waals surface area contributed by atoms with Gasteiger partial charge in [0.15, 0.2) is 5.78 Å². The number of carbonyl (C=O) groups excluding carboxylic acids is 1. The zero-order valence-electron chi connectivity index (χ0n) is 14.7. The van der Waals surface area contributed by atoms with Gasteiger partial charge in [-0.1, -0.05) is 48.0 Å². The Morgan fingerprint density at radius 1 is 1.16 bits per heavy atom. The maximum Gasteiger partial charge on any atom is 0.278 e. The predicted octanol–water partition coefficient (Wildman–Crippen LogP) is 3.17. The fourth-order valence-corrected chi connectivity index (χ4v) is 3.19. The van der Waals surface area contributed by atoms with Crippen LogP contribution in [0.2, 0.25) is 0 Å². The largest absolute Gasteiger partial charge is 0.298 e. The van der Waals surface area contributed by atoms with Crippen LogP contribution in [0, 0.1) is 13.8 Å². The summed E-state index contributed by atoms with van der Waals surface area (Å²) in [5.41, 5.74) is 3.81. The topological polar surface area (TPSA) is 64.8 Å². The minimum atomic E-state index is -0.280. The van der Waals surface area contributed by atoms with E-state index in [1.54, 1.807) is 24.3 Å². The van der Waals surface area contributed by atoms with Crippen molar-refractivity contribution < 1.29 is 4.79 Å². The molecule has 0 spiro atoms. The molecule has 1 heterocycles. The van der Waals surface area contributed by atoms with Crippen molar-refractivity contribution in [3.63, 3.8) is 0 Å². The highest BCUT2D eigenvalue weighted by molar-refractivity contribution is 5.80. The fraction of sp³-hybridized carbons (Fsp3) is 0.300. The monoisotopic (exact) mass is 335 g/mol. The molecule has 0 aliphatic rings. The van der Waals surface area contributed by atoms with Gasteiger partial charge >= 0.3 is 0 Å². The van der Waals surface area contributed by atoms with Gasteiger partial charge in [-0.15, -0.1) is 5.10 Å². The third-order valence-corrected chi connectivity index (χ3v) is 4.45. The minimum Gasteiger partial charge on any atom is -0.298 e. The smallest absolute Gasteiger partial charge is 0.278 e. The zero-order chi connectivity index (χ0) is 18.0. The number of rotatable bonds is 5. The van der Waals surface area contributed by atoms with Crippen LogP contribution >= 0.6 is 0 Å². The molecule has 1 aromatic heterocycles. The molecule has 128 valence electrons. The van der Waals surface area contributed by atoms with Gasteiger partial charge in [0.25, 0.3) is 5.56 Å². The van der Waals surface area contributed by atoms with Crippen LogP contribution in [-0.2, 0) is 11.3 Å². The Morgan fingerprint density at radius 3 is 2.68 bits per heavy atom. The van der Waals surface area contributed by atoms with E-state index in [-0.39, 0.29) is 23.8 Å². The van der Waals surface area contributed by atoms with Gasteiger partial charge in [-0.25, -0.2) is 4.68 Å². The first-order chi connectivity index (χ1) is 12.0. The Labute approximate surface area is 146 Å². The number of fused-ring (bicyclic) bond motifs is 1. The highest BCUT2D eigenvalue weighted by Crippen LogP contribution is 2.23. The van der Waals surface area contributed by atoms with Crippen LogP contribution in [0.3, 0.4) is 0 Å². The predicted molar refractivity (Wildman–Crippen MR) is 97.8 cm³/mol. The van der Waals surface area contributed by atoms with E-state index in [2.05, 4.69) is 42.4 Å². The van der Waals surface area contributed by atoms with Crippen molar-refractivity contribution >= 4 is 16.7 Å². The Morgan fingerprint density at radius 2 is 1.92 bits per heavy atom. The van der Waals surface area contributed by atoms with E-state index >= 15 is 0 Å². The molecule has 0 fully saturated rings. The van der Waals surface area contributed by atoms with Crippen LogP contribution in [0.4, 0.5) is 0 Å². The lowest BCUT2D eigenvalue weighted by Crippen LogP contribution is -2.28. The first-order valence-electron chi connectivity index (χ1n) is 8.37. The summed E-state index contributed by atoms with van der Waals surface area (Å²) in [7, 11) is 0. The molecule has 0 saturated heterocycles. The van der Waals surface area contributed by atoms with Gasteiger partial charge in [0.1, 0.15) is 12.1 Å².